The molecule has 0 spiro atoms. The van der Waals surface area contributed by atoms with Crippen molar-refractivity contribution in [3.63, 3.8) is 0 Å². The molecule has 20 radical (unpaired) electrons. The molecular formula is C45H16B10N4OS. The topological polar surface area (TPSA) is 56.7 Å². The fourth-order valence-corrected chi connectivity index (χ4v) is 9.73. The summed E-state index contributed by atoms with van der Waals surface area (Å²) in [6.45, 7) is 0. The number of aromatic nitrogens is 4. The summed E-state index contributed by atoms with van der Waals surface area (Å²) in [5, 5.41) is 6.73. The molecule has 0 bridgehead atoms. The molecule has 0 saturated carbocycles. The Hall–Kier alpha value is -5.98. The van der Waals surface area contributed by atoms with Crippen LogP contribution in [0.3, 0.4) is 0 Å². The Morgan fingerprint density at radius 2 is 0.984 bits per heavy atom. The number of hydrogen-bond acceptors (Lipinski definition) is 5. The van der Waals surface area contributed by atoms with Gasteiger partial charge in [0.05, 0.1) is 11.0 Å². The second-order valence-corrected chi connectivity index (χ2v) is 16.0. The molecule has 61 heavy (non-hydrogen) atoms. The van der Waals surface area contributed by atoms with E-state index < -0.39 is 0 Å². The van der Waals surface area contributed by atoms with Gasteiger partial charge in [-0.15, -0.1) is 44.1 Å². The number of thiophene rings is 1. The van der Waals surface area contributed by atoms with Crippen LogP contribution in [0.15, 0.2) is 101 Å². The molecule has 0 N–H and O–H groups in total. The van der Waals surface area contributed by atoms with E-state index in [1.54, 1.807) is 0 Å². The van der Waals surface area contributed by atoms with Gasteiger partial charge in [-0.3, -0.25) is 0 Å². The smallest absolute Gasteiger partial charge is 0.164 e. The highest BCUT2D eigenvalue weighted by atomic mass is 32.1. The Morgan fingerprint density at radius 1 is 0.426 bits per heavy atom. The summed E-state index contributed by atoms with van der Waals surface area (Å²) in [6.07, 6.45) is 0. The summed E-state index contributed by atoms with van der Waals surface area (Å²) in [5.74, 6) is 0.200. The van der Waals surface area contributed by atoms with Gasteiger partial charge in [-0.1, -0.05) is 70.4 Å². The molecule has 258 valence electrons. The third kappa shape index (κ3) is 5.50. The van der Waals surface area contributed by atoms with Crippen LogP contribution in [0.1, 0.15) is 0 Å². The molecule has 0 saturated heterocycles. The molecule has 16 heteroatoms. The van der Waals surface area contributed by atoms with Gasteiger partial charge in [-0.05, 0) is 48.5 Å². The van der Waals surface area contributed by atoms with Crippen molar-refractivity contribution in [2.75, 3.05) is 0 Å². The largest absolute Gasteiger partial charge is 0.456 e. The zero-order valence-electron chi connectivity index (χ0n) is 32.1. The molecule has 5 nitrogen and oxygen atoms in total. The molecule has 4 aromatic heterocycles. The molecule has 0 aliphatic rings. The quantitative estimate of drug-likeness (QED) is 0.240. The van der Waals surface area contributed by atoms with Crippen LogP contribution in [0.4, 0.5) is 0 Å². The molecule has 0 amide bonds. The lowest BCUT2D eigenvalue weighted by Gasteiger charge is -2.22. The maximum Gasteiger partial charge on any atom is 0.164 e. The Bertz CT molecular complexity index is 3600. The lowest BCUT2D eigenvalue weighted by Crippen LogP contribution is -2.55. The van der Waals surface area contributed by atoms with Crippen LogP contribution in [0.25, 0.3) is 104 Å². The van der Waals surface area contributed by atoms with Gasteiger partial charge < -0.3 is 8.98 Å². The Labute approximate surface area is 367 Å². The van der Waals surface area contributed by atoms with Gasteiger partial charge in [0, 0.05) is 64.1 Å². The van der Waals surface area contributed by atoms with E-state index in [4.69, 9.17) is 97.8 Å². The first kappa shape index (κ1) is 38.0. The first-order valence-corrected chi connectivity index (χ1v) is 19.8. The maximum atomic E-state index is 6.50. The highest BCUT2D eigenvalue weighted by molar-refractivity contribution is 7.26. The lowest BCUT2D eigenvalue weighted by atomic mass is 9.60. The summed E-state index contributed by atoms with van der Waals surface area (Å²) < 4.78 is 11.3. The van der Waals surface area contributed by atoms with E-state index in [0.717, 1.165) is 27.5 Å². The minimum absolute atomic E-state index is 0.00890. The van der Waals surface area contributed by atoms with Crippen molar-refractivity contribution in [2.45, 2.75) is 0 Å². The highest BCUT2D eigenvalue weighted by Gasteiger charge is 2.23. The number of nitrogens with zero attached hydrogens (tertiary/aromatic N) is 4. The van der Waals surface area contributed by atoms with Crippen molar-refractivity contribution in [3.8, 4) is 39.9 Å². The van der Waals surface area contributed by atoms with Crippen LogP contribution in [0.2, 0.25) is 0 Å². The Kier molecular flexibility index (Phi) is 8.57. The molecule has 0 fully saturated rings. The predicted molar refractivity (Wildman–Crippen MR) is 265 cm³/mol. The first-order valence-electron chi connectivity index (χ1n) is 19.0. The van der Waals surface area contributed by atoms with Crippen molar-refractivity contribution in [1.29, 1.82) is 0 Å². The number of fused-ring (bicyclic) bond motifs is 10. The molecule has 4 heterocycles. The third-order valence-corrected chi connectivity index (χ3v) is 12.8. The summed E-state index contributed by atoms with van der Waals surface area (Å²) >= 11 is 1.83. The van der Waals surface area contributed by atoms with E-state index in [9.17, 15) is 0 Å². The monoisotopic (exact) mass is 770 g/mol. The van der Waals surface area contributed by atoms with Gasteiger partial charge in [-0.25, -0.2) is 15.0 Å². The summed E-state index contributed by atoms with van der Waals surface area (Å²) in [6, 6.07) is 33.4. The maximum absolute atomic E-state index is 6.50. The Balaban J connectivity index is 1.10. The molecular weight excluding hydrogens is 753 g/mol. The highest BCUT2D eigenvalue weighted by Crippen LogP contribution is 2.44. The summed E-state index contributed by atoms with van der Waals surface area (Å²) in [7, 11) is 63.3. The molecule has 11 aromatic rings. The van der Waals surface area contributed by atoms with E-state index in [-0.39, 0.29) is 83.2 Å². The average Bonchev–Trinajstić information content (AvgIpc) is 3.95. The Morgan fingerprint density at radius 3 is 1.64 bits per heavy atom. The van der Waals surface area contributed by atoms with Gasteiger partial charge in [0.2, 0.25) is 0 Å². The van der Waals surface area contributed by atoms with Crippen molar-refractivity contribution in [1.82, 2.24) is 19.5 Å². The predicted octanol–water partition coefficient (Wildman–Crippen LogP) is 0.175. The van der Waals surface area contributed by atoms with E-state index in [1.165, 1.54) is 30.9 Å². The number of para-hydroxylation sites is 1. The zero-order chi connectivity index (χ0) is 42.2. The van der Waals surface area contributed by atoms with Gasteiger partial charge in [0.15, 0.2) is 17.5 Å². The van der Waals surface area contributed by atoms with Gasteiger partial charge in [0.25, 0.3) is 0 Å². The van der Waals surface area contributed by atoms with Gasteiger partial charge >= 0.3 is 0 Å². The van der Waals surface area contributed by atoms with Crippen LogP contribution in [0.5, 0.6) is 0 Å². The second-order valence-electron chi connectivity index (χ2n) is 15.0. The lowest BCUT2D eigenvalue weighted by molar-refractivity contribution is 0.669. The fraction of sp³-hybridized carbons (Fsp3) is 0. The third-order valence-electron chi connectivity index (χ3n) is 11.6. The van der Waals surface area contributed by atoms with Crippen LogP contribution < -0.4 is 54.6 Å². The van der Waals surface area contributed by atoms with Crippen LogP contribution in [-0.2, 0) is 0 Å². The molecule has 11 rings (SSSR count). The van der Waals surface area contributed by atoms with Gasteiger partial charge in [-0.2, -0.15) is 0 Å². The zero-order valence-corrected chi connectivity index (χ0v) is 32.9. The van der Waals surface area contributed by atoms with E-state index in [1.807, 2.05) is 35.6 Å². The van der Waals surface area contributed by atoms with Crippen molar-refractivity contribution >= 4 is 208 Å². The van der Waals surface area contributed by atoms with E-state index in [2.05, 4.69) is 77.4 Å². The average molecular weight is 769 g/mol. The second kappa shape index (κ2) is 13.8. The standard InChI is InChI=1S/C45H16B10N4OS/c46-32-30(33(47)37(51)40(54)36(32)50)44-56-43(57-45(58-44)31-34(48)38(52)41(55)39(53)35(31)49)17-9-11-19-23-16-18(10-14-26(23)60-27(19)15-17)59-24-7-3-1-6-22(24)29-25(59)13-12-21-20-5-2-4-8-28(20)61-42(21)29/h1-16H. The van der Waals surface area contributed by atoms with Crippen LogP contribution >= 0.6 is 11.3 Å². The number of benzene rings is 7. The van der Waals surface area contributed by atoms with E-state index >= 15 is 0 Å². The molecule has 7 aromatic carbocycles. The number of furan rings is 1. The summed E-state index contributed by atoms with van der Waals surface area (Å²) in [5.41, 5.74) is 5.53. The van der Waals surface area contributed by atoms with Crippen LogP contribution in [-0.4, -0.2) is 98.0 Å². The number of hydrogen-bond donors (Lipinski definition) is 0. The molecule has 0 aliphatic heterocycles. The van der Waals surface area contributed by atoms with Gasteiger partial charge in [0.1, 0.15) is 89.6 Å². The molecule has 0 unspecified atom stereocenters. The molecule has 0 aliphatic carbocycles. The van der Waals surface area contributed by atoms with E-state index in [0.29, 0.717) is 16.7 Å². The fourth-order valence-electron chi connectivity index (χ4n) is 8.47. The van der Waals surface area contributed by atoms with Crippen molar-refractivity contribution < 1.29 is 4.42 Å². The minimum atomic E-state index is 0.00890. The van der Waals surface area contributed by atoms with Crippen molar-refractivity contribution in [2.24, 2.45) is 0 Å². The van der Waals surface area contributed by atoms with Crippen molar-refractivity contribution in [3.05, 3.63) is 97.1 Å². The summed E-state index contributed by atoms with van der Waals surface area (Å²) in [4.78, 5) is 14.3. The number of rotatable bonds is 4. The normalized spacial score (nSPS) is 11.9. The molecule has 0 atom stereocenters. The SMILES string of the molecule is [B]c1c([B])c([B])c(-c2nc(-c3ccc4c(c3)oc3ccc(-n5c6ccccc6c6c7sc8ccccc8c7ccc65)cc34)nc(-c3c([B])c([B])c([B])c([B])c3[B])n2)c([B])c1[B]. The van der Waals surface area contributed by atoms with Crippen LogP contribution in [0, 0.1) is 0 Å². The minimum Gasteiger partial charge on any atom is -0.456 e. The first-order chi connectivity index (χ1) is 29.4.